The molecule has 2 bridgehead atoms. The number of fused-ring (bicyclic) bond motifs is 4. The molecule has 126 valence electrons. The molecule has 2 aliphatic carbocycles. The summed E-state index contributed by atoms with van der Waals surface area (Å²) >= 11 is 0. The van der Waals surface area contributed by atoms with Crippen LogP contribution in [0.3, 0.4) is 0 Å². The number of para-hydroxylation sites is 1. The van der Waals surface area contributed by atoms with Crippen LogP contribution in [0.15, 0.2) is 54.3 Å². The number of hydrogen-bond acceptors (Lipinski definition) is 3. The molecule has 3 heteroatoms. The third-order valence-corrected chi connectivity index (χ3v) is 6.82. The molecule has 5 rings (SSSR count). The van der Waals surface area contributed by atoms with E-state index in [0.29, 0.717) is 0 Å². The van der Waals surface area contributed by atoms with Crippen molar-refractivity contribution in [3.05, 3.63) is 54.3 Å². The molecule has 1 saturated carbocycles. The van der Waals surface area contributed by atoms with E-state index in [-0.39, 0.29) is 11.3 Å². The average Bonchev–Trinajstić information content (AvgIpc) is 2.64. The monoisotopic (exact) mass is 322 g/mol. The highest BCUT2D eigenvalue weighted by molar-refractivity contribution is 5.48. The fourth-order valence-corrected chi connectivity index (χ4v) is 5.69. The molecule has 1 N–H and O–H groups in total. The summed E-state index contributed by atoms with van der Waals surface area (Å²) in [7, 11) is 0. The van der Waals surface area contributed by atoms with Crippen molar-refractivity contribution in [1.82, 2.24) is 4.90 Å². The van der Waals surface area contributed by atoms with Crippen LogP contribution in [0.4, 0.5) is 5.69 Å². The summed E-state index contributed by atoms with van der Waals surface area (Å²) < 4.78 is 0. The van der Waals surface area contributed by atoms with Crippen LogP contribution in [-0.4, -0.2) is 35.4 Å². The Kier molecular flexibility index (Phi) is 3.12. The Morgan fingerprint density at radius 2 is 1.79 bits per heavy atom. The highest BCUT2D eigenvalue weighted by Gasteiger charge is 2.62. The van der Waals surface area contributed by atoms with E-state index in [1.807, 2.05) is 0 Å². The summed E-state index contributed by atoms with van der Waals surface area (Å²) in [4.78, 5) is 5.03. The molecule has 1 aromatic rings. The van der Waals surface area contributed by atoms with E-state index in [1.54, 1.807) is 0 Å². The van der Waals surface area contributed by atoms with Crippen molar-refractivity contribution >= 4 is 5.69 Å². The molecular formula is C21H26N2O. The van der Waals surface area contributed by atoms with Crippen molar-refractivity contribution in [1.29, 1.82) is 0 Å². The summed E-state index contributed by atoms with van der Waals surface area (Å²) in [5.74, 6) is 0.193. The zero-order valence-electron chi connectivity index (χ0n) is 14.2. The largest absolute Gasteiger partial charge is 0.388 e. The van der Waals surface area contributed by atoms with E-state index < -0.39 is 5.60 Å². The molecule has 0 radical (unpaired) electrons. The Labute approximate surface area is 144 Å². The molecule has 4 aliphatic rings. The van der Waals surface area contributed by atoms with Gasteiger partial charge in [-0.3, -0.25) is 0 Å². The summed E-state index contributed by atoms with van der Waals surface area (Å²) in [5, 5.41) is 11.9. The maximum atomic E-state index is 11.9. The Hall–Kier alpha value is -1.74. The number of anilines is 1. The topological polar surface area (TPSA) is 26.7 Å². The molecule has 2 aliphatic heterocycles. The molecule has 2 saturated heterocycles. The van der Waals surface area contributed by atoms with Crippen molar-refractivity contribution in [3.8, 4) is 0 Å². The van der Waals surface area contributed by atoms with Gasteiger partial charge in [0.1, 0.15) is 0 Å². The number of rotatable bonds is 1. The molecule has 1 spiro atoms. The third-order valence-electron chi connectivity index (χ3n) is 6.82. The lowest BCUT2D eigenvalue weighted by molar-refractivity contribution is -0.174. The SMILES string of the molecule is OC12CCCCC13CN(CN(c1ccccc1)C3)C1=CCC=CC12. The lowest BCUT2D eigenvalue weighted by Crippen LogP contribution is -2.72. The van der Waals surface area contributed by atoms with Gasteiger partial charge in [0.05, 0.1) is 12.3 Å². The van der Waals surface area contributed by atoms with Crippen LogP contribution in [0.2, 0.25) is 0 Å². The Bertz CT molecular complexity index is 697. The fraction of sp³-hybridized carbons (Fsp3) is 0.524. The van der Waals surface area contributed by atoms with Crippen LogP contribution >= 0.6 is 0 Å². The second kappa shape index (κ2) is 5.13. The number of piperidine rings is 1. The summed E-state index contributed by atoms with van der Waals surface area (Å²) in [6.07, 6.45) is 12.4. The van der Waals surface area contributed by atoms with E-state index in [2.05, 4.69) is 58.4 Å². The lowest BCUT2D eigenvalue weighted by atomic mass is 9.54. The van der Waals surface area contributed by atoms with Crippen LogP contribution in [0.1, 0.15) is 32.1 Å². The van der Waals surface area contributed by atoms with Gasteiger partial charge in [0.2, 0.25) is 0 Å². The molecule has 0 amide bonds. The Morgan fingerprint density at radius 3 is 2.67 bits per heavy atom. The summed E-state index contributed by atoms with van der Waals surface area (Å²) in [6, 6.07) is 10.7. The molecule has 2 heterocycles. The van der Waals surface area contributed by atoms with Crippen LogP contribution < -0.4 is 4.90 Å². The number of benzene rings is 1. The first-order valence-corrected chi connectivity index (χ1v) is 9.36. The third kappa shape index (κ3) is 1.88. The first-order valence-electron chi connectivity index (χ1n) is 9.36. The van der Waals surface area contributed by atoms with Crippen LogP contribution in [0, 0.1) is 11.3 Å². The van der Waals surface area contributed by atoms with E-state index in [4.69, 9.17) is 0 Å². The van der Waals surface area contributed by atoms with E-state index in [9.17, 15) is 5.11 Å². The number of nitrogens with zero attached hydrogens (tertiary/aromatic N) is 2. The van der Waals surface area contributed by atoms with Gasteiger partial charge in [0.15, 0.2) is 0 Å². The first kappa shape index (κ1) is 14.6. The second-order valence-electron chi connectivity index (χ2n) is 8.06. The summed E-state index contributed by atoms with van der Waals surface area (Å²) in [6.45, 7) is 2.93. The van der Waals surface area contributed by atoms with Crippen molar-refractivity contribution in [2.24, 2.45) is 11.3 Å². The second-order valence-corrected chi connectivity index (χ2v) is 8.06. The average molecular weight is 322 g/mol. The van der Waals surface area contributed by atoms with Crippen LogP contribution in [-0.2, 0) is 0 Å². The first-order chi connectivity index (χ1) is 11.7. The van der Waals surface area contributed by atoms with Gasteiger partial charge >= 0.3 is 0 Å². The Morgan fingerprint density at radius 1 is 1.00 bits per heavy atom. The van der Waals surface area contributed by atoms with Crippen molar-refractivity contribution in [2.75, 3.05) is 24.7 Å². The van der Waals surface area contributed by atoms with E-state index in [1.165, 1.54) is 17.8 Å². The number of aliphatic hydroxyl groups is 1. The van der Waals surface area contributed by atoms with Crippen LogP contribution in [0.25, 0.3) is 0 Å². The molecule has 3 atom stereocenters. The number of hydrogen-bond donors (Lipinski definition) is 1. The maximum Gasteiger partial charge on any atom is 0.0900 e. The minimum absolute atomic E-state index is 0.0109. The van der Waals surface area contributed by atoms with Crippen molar-refractivity contribution < 1.29 is 5.11 Å². The van der Waals surface area contributed by atoms with Gasteiger partial charge in [-0.05, 0) is 31.4 Å². The van der Waals surface area contributed by atoms with Gasteiger partial charge in [0, 0.05) is 35.8 Å². The molecule has 24 heavy (non-hydrogen) atoms. The van der Waals surface area contributed by atoms with E-state index >= 15 is 0 Å². The highest BCUT2D eigenvalue weighted by Crippen LogP contribution is 2.57. The van der Waals surface area contributed by atoms with Gasteiger partial charge in [-0.1, -0.05) is 49.3 Å². The van der Waals surface area contributed by atoms with E-state index in [0.717, 1.165) is 45.4 Å². The van der Waals surface area contributed by atoms with Crippen LogP contribution in [0.5, 0.6) is 0 Å². The predicted molar refractivity (Wildman–Crippen MR) is 96.5 cm³/mol. The quantitative estimate of drug-likeness (QED) is 0.801. The lowest BCUT2D eigenvalue weighted by Gasteiger charge is -2.65. The highest BCUT2D eigenvalue weighted by atomic mass is 16.3. The molecule has 0 aromatic heterocycles. The number of allylic oxidation sites excluding steroid dienone is 2. The van der Waals surface area contributed by atoms with Gasteiger partial charge in [-0.2, -0.15) is 0 Å². The fourth-order valence-electron chi connectivity index (χ4n) is 5.69. The minimum atomic E-state index is -0.585. The van der Waals surface area contributed by atoms with Gasteiger partial charge < -0.3 is 14.9 Å². The smallest absolute Gasteiger partial charge is 0.0900 e. The standard InChI is InChI=1S/C21H26N2O/c24-21-13-7-6-12-20(21)14-22(17-8-2-1-3-9-17)16-23(15-20)19-11-5-4-10-18(19)21/h1-4,8-11,18,24H,5-7,12-16H2. The molecule has 3 unspecified atom stereocenters. The Balaban J connectivity index is 1.60. The molecule has 3 fully saturated rings. The zero-order chi connectivity index (χ0) is 16.2. The minimum Gasteiger partial charge on any atom is -0.388 e. The molecule has 3 nitrogen and oxygen atoms in total. The van der Waals surface area contributed by atoms with Gasteiger partial charge in [0.25, 0.3) is 0 Å². The maximum absolute atomic E-state index is 11.9. The van der Waals surface area contributed by atoms with Gasteiger partial charge in [-0.15, -0.1) is 0 Å². The van der Waals surface area contributed by atoms with Gasteiger partial charge in [-0.25, -0.2) is 0 Å². The van der Waals surface area contributed by atoms with Crippen molar-refractivity contribution in [3.63, 3.8) is 0 Å². The normalized spacial score (nSPS) is 37.5. The zero-order valence-corrected chi connectivity index (χ0v) is 14.2. The predicted octanol–water partition coefficient (Wildman–Crippen LogP) is 3.53. The van der Waals surface area contributed by atoms with Crippen molar-refractivity contribution in [2.45, 2.75) is 37.7 Å². The molecular weight excluding hydrogens is 296 g/mol. The summed E-state index contributed by atoms with van der Waals surface area (Å²) in [5.41, 5.74) is 2.04. The molecule has 1 aromatic carbocycles.